The van der Waals surface area contributed by atoms with Crippen LogP contribution in [0.3, 0.4) is 0 Å². The van der Waals surface area contributed by atoms with Crippen molar-refractivity contribution in [3.8, 4) is 0 Å². The molecule has 0 radical (unpaired) electrons. The van der Waals surface area contributed by atoms with Gasteiger partial charge < -0.3 is 20.1 Å². The molecule has 36 heavy (non-hydrogen) atoms. The van der Waals surface area contributed by atoms with E-state index >= 15 is 0 Å². The van der Waals surface area contributed by atoms with E-state index in [2.05, 4.69) is 15.3 Å². The highest BCUT2D eigenvalue weighted by Gasteiger charge is 2.37. The van der Waals surface area contributed by atoms with Gasteiger partial charge in [0.1, 0.15) is 6.04 Å². The molecule has 2 aromatic carbocycles. The maximum absolute atomic E-state index is 13.8. The van der Waals surface area contributed by atoms with Gasteiger partial charge in [0.25, 0.3) is 17.7 Å². The zero-order chi connectivity index (χ0) is 25.4. The lowest BCUT2D eigenvalue weighted by Crippen LogP contribution is -2.61. The number of thioether (sulfide) groups is 1. The molecule has 1 atom stereocenters. The summed E-state index contributed by atoms with van der Waals surface area (Å²) in [5.74, 6) is -1.11. The number of pyridine rings is 1. The second-order valence-electron chi connectivity index (χ2n) is 8.24. The summed E-state index contributed by atoms with van der Waals surface area (Å²) in [6.07, 6.45) is 0. The van der Waals surface area contributed by atoms with Crippen LogP contribution < -0.4 is 15.8 Å². The smallest absolute Gasteiger partial charge is 0.258 e. The molecule has 1 aromatic heterocycles. The molecule has 184 valence electrons. The lowest BCUT2D eigenvalue weighted by molar-refractivity contribution is -0.124. The maximum Gasteiger partial charge on any atom is 0.258 e. The van der Waals surface area contributed by atoms with Crippen molar-refractivity contribution >= 4 is 74.4 Å². The lowest BCUT2D eigenvalue weighted by Gasteiger charge is -2.41. The number of para-hydroxylation sites is 1. The largest absolute Gasteiger partial charge is 0.367 e. The number of benzene rings is 2. The van der Waals surface area contributed by atoms with Crippen molar-refractivity contribution in [1.29, 1.82) is 0 Å². The Balaban J connectivity index is 1.49. The summed E-state index contributed by atoms with van der Waals surface area (Å²) in [5, 5.41) is 4.23. The molecule has 9 nitrogen and oxygen atoms in total. The van der Waals surface area contributed by atoms with Crippen molar-refractivity contribution in [2.24, 2.45) is 4.99 Å². The fourth-order valence-electron chi connectivity index (χ4n) is 4.26. The van der Waals surface area contributed by atoms with E-state index < -0.39 is 23.4 Å². The summed E-state index contributed by atoms with van der Waals surface area (Å²) < 4.78 is 0. The topological polar surface area (TPSA) is 115 Å². The second kappa shape index (κ2) is 9.96. The van der Waals surface area contributed by atoms with Gasteiger partial charge in [-0.05, 0) is 24.3 Å². The quantitative estimate of drug-likeness (QED) is 0.524. The Morgan fingerprint density at radius 3 is 2.61 bits per heavy atom. The van der Waals surface area contributed by atoms with Gasteiger partial charge in [-0.1, -0.05) is 53.2 Å². The average Bonchev–Trinajstić information content (AvgIpc) is 3.28. The molecule has 0 aliphatic carbocycles. The number of amidine groups is 1. The van der Waals surface area contributed by atoms with E-state index in [-0.39, 0.29) is 35.5 Å². The Bertz CT molecular complexity index is 1490. The molecule has 1 unspecified atom stereocenters. The molecule has 3 heterocycles. The van der Waals surface area contributed by atoms with Crippen molar-refractivity contribution in [3.63, 3.8) is 0 Å². The predicted octanol–water partition coefficient (Wildman–Crippen LogP) is 2.91. The fourth-order valence-corrected chi connectivity index (χ4v) is 5.22. The summed E-state index contributed by atoms with van der Waals surface area (Å²) >= 11 is 13.4. The van der Waals surface area contributed by atoms with E-state index in [1.807, 2.05) is 4.90 Å². The highest BCUT2D eigenvalue weighted by atomic mass is 35.5. The number of rotatable bonds is 3. The number of nitrogens with one attached hydrogen (secondary N) is 2. The highest BCUT2D eigenvalue weighted by Crippen LogP contribution is 2.29. The van der Waals surface area contributed by atoms with Crippen LogP contribution in [-0.4, -0.2) is 64.2 Å². The molecule has 1 fully saturated rings. The fraction of sp³-hybridized carbons (Fsp3) is 0.208. The van der Waals surface area contributed by atoms with Gasteiger partial charge in [-0.25, -0.2) is 0 Å². The average molecular weight is 544 g/mol. The van der Waals surface area contributed by atoms with Crippen LogP contribution in [0, 0.1) is 0 Å². The van der Waals surface area contributed by atoms with E-state index in [1.165, 1.54) is 11.0 Å². The number of H-pyrrole nitrogens is 1. The molecule has 1 saturated heterocycles. The van der Waals surface area contributed by atoms with Crippen molar-refractivity contribution in [3.05, 3.63) is 74.5 Å². The van der Waals surface area contributed by atoms with Crippen molar-refractivity contribution in [2.75, 3.05) is 30.3 Å². The molecule has 3 amide bonds. The number of carbonyl (C=O) groups is 3. The number of piperazine rings is 1. The van der Waals surface area contributed by atoms with E-state index in [4.69, 9.17) is 23.2 Å². The molecule has 0 saturated carbocycles. The minimum absolute atomic E-state index is 0.150. The highest BCUT2D eigenvalue weighted by molar-refractivity contribution is 8.14. The van der Waals surface area contributed by atoms with Gasteiger partial charge in [0.05, 0.1) is 21.4 Å². The van der Waals surface area contributed by atoms with E-state index in [0.29, 0.717) is 27.5 Å². The first-order valence-corrected chi connectivity index (χ1v) is 12.7. The summed E-state index contributed by atoms with van der Waals surface area (Å²) in [5.41, 5.74) is 1.07. The first kappa shape index (κ1) is 24.4. The predicted molar refractivity (Wildman–Crippen MR) is 141 cm³/mol. The Kier molecular flexibility index (Phi) is 6.74. The molecule has 2 aliphatic heterocycles. The number of aromatic amines is 1. The number of hydrogen-bond donors (Lipinski definition) is 2. The SMILES string of the molecule is O=C1CSC(NC(=O)C2CN(c3ccc(Cl)c(Cl)c3)CCN2C(=O)c2cc(=O)[nH]c3ccccc23)=N1. The molecule has 0 spiro atoms. The standard InChI is InChI=1S/C24H19Cl2N5O4S/c25-16-6-5-13(9-17(16)26)30-7-8-31(19(11-30)22(34)29-24-28-21(33)12-36-24)23(35)15-10-20(32)27-18-4-2-1-3-14(15)18/h1-6,9-10,19H,7-8,11-12H2,(H,27,32)(H,28,29,33,34). The minimum Gasteiger partial charge on any atom is -0.367 e. The van der Waals surface area contributed by atoms with Crippen LogP contribution in [0.15, 0.2) is 58.3 Å². The number of aliphatic imine (C=N–C) groups is 1. The minimum atomic E-state index is -0.933. The van der Waals surface area contributed by atoms with Crippen molar-refractivity contribution < 1.29 is 14.4 Å². The summed E-state index contributed by atoms with van der Waals surface area (Å²) in [6, 6.07) is 12.5. The second-order valence-corrected chi connectivity index (χ2v) is 10.0. The Morgan fingerprint density at radius 1 is 1.06 bits per heavy atom. The molecule has 3 aromatic rings. The molecule has 5 rings (SSSR count). The number of carbonyl (C=O) groups excluding carboxylic acids is 3. The van der Waals surface area contributed by atoms with Crippen LogP contribution in [-0.2, 0) is 9.59 Å². The molecular formula is C24H19Cl2N5O4S. The Hall–Kier alpha value is -3.34. The van der Waals surface area contributed by atoms with Crippen LogP contribution in [0.5, 0.6) is 0 Å². The summed E-state index contributed by atoms with van der Waals surface area (Å²) in [7, 11) is 0. The third-order valence-electron chi connectivity index (χ3n) is 5.98. The molecular weight excluding hydrogens is 525 g/mol. The van der Waals surface area contributed by atoms with Crippen LogP contribution >= 0.6 is 35.0 Å². The normalized spacial score (nSPS) is 17.9. The third-order valence-corrected chi connectivity index (χ3v) is 7.58. The van der Waals surface area contributed by atoms with Crippen LogP contribution in [0.25, 0.3) is 10.9 Å². The van der Waals surface area contributed by atoms with E-state index in [1.54, 1.807) is 42.5 Å². The van der Waals surface area contributed by atoms with Crippen LogP contribution in [0.4, 0.5) is 5.69 Å². The summed E-state index contributed by atoms with van der Waals surface area (Å²) in [4.78, 5) is 60.9. The Morgan fingerprint density at radius 2 is 1.86 bits per heavy atom. The van der Waals surface area contributed by atoms with E-state index in [0.717, 1.165) is 17.4 Å². The van der Waals surface area contributed by atoms with Crippen LogP contribution in [0.2, 0.25) is 10.0 Å². The lowest BCUT2D eigenvalue weighted by atomic mass is 10.0. The van der Waals surface area contributed by atoms with Gasteiger partial charge in [-0.3, -0.25) is 19.2 Å². The monoisotopic (exact) mass is 543 g/mol. The van der Waals surface area contributed by atoms with Crippen LogP contribution in [0.1, 0.15) is 10.4 Å². The van der Waals surface area contributed by atoms with Gasteiger partial charge in [0.15, 0.2) is 5.17 Å². The first-order valence-electron chi connectivity index (χ1n) is 11.0. The van der Waals surface area contributed by atoms with Gasteiger partial charge in [-0.15, -0.1) is 0 Å². The van der Waals surface area contributed by atoms with Crippen molar-refractivity contribution in [2.45, 2.75) is 6.04 Å². The van der Waals surface area contributed by atoms with Gasteiger partial charge >= 0.3 is 0 Å². The number of fused-ring (bicyclic) bond motifs is 1. The number of halogens is 2. The molecule has 0 bridgehead atoms. The zero-order valence-electron chi connectivity index (χ0n) is 18.7. The number of anilines is 1. The van der Waals surface area contributed by atoms with Gasteiger partial charge in [0, 0.05) is 42.3 Å². The molecule has 2 aliphatic rings. The van der Waals surface area contributed by atoms with E-state index in [9.17, 15) is 19.2 Å². The summed E-state index contributed by atoms with van der Waals surface area (Å²) in [6.45, 7) is 0.780. The maximum atomic E-state index is 13.8. The van der Waals surface area contributed by atoms with Gasteiger partial charge in [-0.2, -0.15) is 4.99 Å². The number of nitrogens with zero attached hydrogens (tertiary/aromatic N) is 3. The first-order chi connectivity index (χ1) is 17.3. The Labute approximate surface area is 219 Å². The number of aromatic nitrogens is 1. The van der Waals surface area contributed by atoms with Gasteiger partial charge in [0.2, 0.25) is 5.56 Å². The number of hydrogen-bond acceptors (Lipinski definition) is 6. The van der Waals surface area contributed by atoms with Crippen molar-refractivity contribution in [1.82, 2.24) is 15.2 Å². The molecule has 12 heteroatoms. The number of amides is 3. The molecule has 2 N–H and O–H groups in total. The zero-order valence-corrected chi connectivity index (χ0v) is 21.0. The third kappa shape index (κ3) is 4.84.